The molecule has 3 N–H and O–H groups in total. The van der Waals surface area contributed by atoms with Gasteiger partial charge in [0.05, 0.1) is 5.54 Å². The third-order valence-corrected chi connectivity index (χ3v) is 3.67. The Bertz CT molecular complexity index is 385. The summed E-state index contributed by atoms with van der Waals surface area (Å²) in [6.45, 7) is 7.85. The minimum absolute atomic E-state index is 0.0279. The topological polar surface area (TPSA) is 68.0 Å². The van der Waals surface area contributed by atoms with Crippen LogP contribution in [-0.4, -0.2) is 16.9 Å². The molecule has 1 aromatic heterocycles. The number of aryl methyl sites for hydroxylation is 1. The lowest BCUT2D eigenvalue weighted by Crippen LogP contribution is -2.41. The first-order valence-electron chi connectivity index (χ1n) is 5.81. The number of amides is 1. The molecule has 96 valence electrons. The molecule has 0 bridgehead atoms. The van der Waals surface area contributed by atoms with E-state index in [1.54, 1.807) is 11.3 Å². The highest BCUT2D eigenvalue weighted by atomic mass is 32.1. The molecule has 0 radical (unpaired) electrons. The van der Waals surface area contributed by atoms with Gasteiger partial charge in [0.2, 0.25) is 5.91 Å². The number of hydrogen-bond acceptors (Lipinski definition) is 4. The van der Waals surface area contributed by atoms with Gasteiger partial charge in [0.15, 0.2) is 0 Å². The van der Waals surface area contributed by atoms with E-state index in [1.165, 1.54) is 0 Å². The monoisotopic (exact) mass is 255 g/mol. The molecule has 1 amide bonds. The molecule has 0 aliphatic heterocycles. The Balaban J connectivity index is 2.57. The highest BCUT2D eigenvalue weighted by molar-refractivity contribution is 7.11. The molecule has 0 spiro atoms. The lowest BCUT2D eigenvalue weighted by Gasteiger charge is -2.24. The number of thiazole rings is 1. The number of nitrogens with one attached hydrogen (secondary N) is 1. The van der Waals surface area contributed by atoms with Crippen molar-refractivity contribution in [3.8, 4) is 0 Å². The number of hydrogen-bond donors (Lipinski definition) is 2. The second-order valence-electron chi connectivity index (χ2n) is 4.97. The van der Waals surface area contributed by atoms with Gasteiger partial charge in [-0.25, -0.2) is 4.98 Å². The Morgan fingerprint density at radius 3 is 2.76 bits per heavy atom. The summed E-state index contributed by atoms with van der Waals surface area (Å²) in [6.07, 6.45) is 3.00. The number of aromatic nitrogens is 1. The van der Waals surface area contributed by atoms with Crippen LogP contribution in [0, 0.1) is 6.92 Å². The summed E-state index contributed by atoms with van der Waals surface area (Å²) in [7, 11) is 0. The summed E-state index contributed by atoms with van der Waals surface area (Å²) < 4.78 is 0. The van der Waals surface area contributed by atoms with Gasteiger partial charge < -0.3 is 11.1 Å². The molecule has 0 aliphatic carbocycles. The van der Waals surface area contributed by atoms with Crippen LogP contribution in [0.3, 0.4) is 0 Å². The van der Waals surface area contributed by atoms with Crippen molar-refractivity contribution in [3.63, 3.8) is 0 Å². The fraction of sp³-hybridized carbons (Fsp3) is 0.667. The van der Waals surface area contributed by atoms with Crippen LogP contribution >= 0.6 is 11.3 Å². The van der Waals surface area contributed by atoms with Crippen molar-refractivity contribution in [2.75, 3.05) is 0 Å². The second kappa shape index (κ2) is 5.60. The van der Waals surface area contributed by atoms with E-state index < -0.39 is 5.54 Å². The summed E-state index contributed by atoms with van der Waals surface area (Å²) in [5.74, 6) is 0.0279. The Morgan fingerprint density at radius 2 is 2.29 bits per heavy atom. The van der Waals surface area contributed by atoms with Crippen molar-refractivity contribution >= 4 is 17.2 Å². The molecule has 1 aromatic rings. The molecule has 0 saturated carbocycles. The number of carbonyl (C=O) groups excluding carboxylic acids is 1. The zero-order valence-electron chi connectivity index (χ0n) is 10.9. The molecule has 0 aromatic carbocycles. The van der Waals surface area contributed by atoms with Crippen LogP contribution in [0.1, 0.15) is 43.5 Å². The summed E-state index contributed by atoms with van der Waals surface area (Å²) in [5, 5.41) is 3.93. The van der Waals surface area contributed by atoms with Gasteiger partial charge in [-0.1, -0.05) is 0 Å². The SMILES string of the molecule is Cc1cnc(C(C)(C)NC(=O)CCC(C)N)s1. The molecule has 0 fully saturated rings. The molecule has 1 atom stereocenters. The minimum Gasteiger partial charge on any atom is -0.345 e. The standard InChI is InChI=1S/C12H21N3OS/c1-8(13)5-6-10(16)15-12(3,4)11-14-7-9(2)17-11/h7-8H,5-6,13H2,1-4H3,(H,15,16). The largest absolute Gasteiger partial charge is 0.345 e. The third kappa shape index (κ3) is 4.44. The summed E-state index contributed by atoms with van der Waals surface area (Å²) in [5.41, 5.74) is 5.22. The van der Waals surface area contributed by atoms with Crippen molar-refractivity contribution in [2.45, 2.75) is 52.1 Å². The van der Waals surface area contributed by atoms with Crippen LogP contribution in [0.5, 0.6) is 0 Å². The van der Waals surface area contributed by atoms with Crippen LogP contribution in [0.2, 0.25) is 0 Å². The van der Waals surface area contributed by atoms with Gasteiger partial charge in [0.1, 0.15) is 5.01 Å². The van der Waals surface area contributed by atoms with Crippen molar-refractivity contribution < 1.29 is 4.79 Å². The Morgan fingerprint density at radius 1 is 1.65 bits per heavy atom. The first-order valence-corrected chi connectivity index (χ1v) is 6.62. The minimum atomic E-state index is -0.409. The van der Waals surface area contributed by atoms with E-state index >= 15 is 0 Å². The third-order valence-electron chi connectivity index (χ3n) is 2.43. The lowest BCUT2D eigenvalue weighted by atomic mass is 10.1. The molecule has 1 unspecified atom stereocenters. The molecular weight excluding hydrogens is 234 g/mol. The fourth-order valence-electron chi connectivity index (χ4n) is 1.47. The Kier molecular flexibility index (Phi) is 4.65. The fourth-order valence-corrected chi connectivity index (χ4v) is 2.29. The highest BCUT2D eigenvalue weighted by Crippen LogP contribution is 2.24. The highest BCUT2D eigenvalue weighted by Gasteiger charge is 2.25. The second-order valence-corrected chi connectivity index (χ2v) is 6.20. The van der Waals surface area contributed by atoms with E-state index in [9.17, 15) is 4.79 Å². The van der Waals surface area contributed by atoms with Gasteiger partial charge in [-0.3, -0.25) is 4.79 Å². The van der Waals surface area contributed by atoms with E-state index in [1.807, 2.05) is 33.9 Å². The smallest absolute Gasteiger partial charge is 0.220 e. The summed E-state index contributed by atoms with van der Waals surface area (Å²) in [6, 6.07) is 0.0611. The van der Waals surface area contributed by atoms with E-state index in [2.05, 4.69) is 10.3 Å². The van der Waals surface area contributed by atoms with Gasteiger partial charge in [-0.15, -0.1) is 11.3 Å². The lowest BCUT2D eigenvalue weighted by molar-refractivity contribution is -0.122. The molecule has 1 heterocycles. The van der Waals surface area contributed by atoms with Crippen LogP contribution in [-0.2, 0) is 10.3 Å². The van der Waals surface area contributed by atoms with Crippen molar-refractivity contribution in [2.24, 2.45) is 5.73 Å². The van der Waals surface area contributed by atoms with Crippen LogP contribution in [0.15, 0.2) is 6.20 Å². The van der Waals surface area contributed by atoms with Crippen LogP contribution < -0.4 is 11.1 Å². The van der Waals surface area contributed by atoms with Gasteiger partial charge in [-0.2, -0.15) is 0 Å². The number of carbonyl (C=O) groups is 1. The predicted molar refractivity (Wildman–Crippen MR) is 70.9 cm³/mol. The van der Waals surface area contributed by atoms with Gasteiger partial charge in [0.25, 0.3) is 0 Å². The van der Waals surface area contributed by atoms with Gasteiger partial charge in [0, 0.05) is 23.5 Å². The average molecular weight is 255 g/mol. The van der Waals surface area contributed by atoms with Crippen LogP contribution in [0.4, 0.5) is 0 Å². The zero-order valence-corrected chi connectivity index (χ0v) is 11.7. The molecule has 4 nitrogen and oxygen atoms in total. The normalized spacial score (nSPS) is 13.5. The first-order chi connectivity index (χ1) is 7.81. The Hall–Kier alpha value is -0.940. The van der Waals surface area contributed by atoms with E-state index in [0.29, 0.717) is 12.8 Å². The molecule has 5 heteroatoms. The van der Waals surface area contributed by atoms with E-state index in [0.717, 1.165) is 9.88 Å². The quantitative estimate of drug-likeness (QED) is 0.844. The number of rotatable bonds is 5. The molecule has 0 saturated heterocycles. The van der Waals surface area contributed by atoms with Crippen molar-refractivity contribution in [1.29, 1.82) is 0 Å². The van der Waals surface area contributed by atoms with E-state index in [4.69, 9.17) is 5.73 Å². The summed E-state index contributed by atoms with van der Waals surface area (Å²) in [4.78, 5) is 17.2. The number of nitrogens with zero attached hydrogens (tertiary/aromatic N) is 1. The van der Waals surface area contributed by atoms with Crippen molar-refractivity contribution in [1.82, 2.24) is 10.3 Å². The molecule has 1 rings (SSSR count). The van der Waals surface area contributed by atoms with Crippen molar-refractivity contribution in [3.05, 3.63) is 16.1 Å². The van der Waals surface area contributed by atoms with E-state index in [-0.39, 0.29) is 11.9 Å². The zero-order chi connectivity index (χ0) is 13.1. The molecular formula is C12H21N3OS. The maximum Gasteiger partial charge on any atom is 0.220 e. The average Bonchev–Trinajstić information content (AvgIpc) is 2.62. The summed E-state index contributed by atoms with van der Waals surface area (Å²) >= 11 is 1.61. The van der Waals surface area contributed by atoms with Gasteiger partial charge in [-0.05, 0) is 34.1 Å². The first kappa shape index (κ1) is 14.1. The molecule has 0 aliphatic rings. The molecule has 17 heavy (non-hydrogen) atoms. The maximum absolute atomic E-state index is 11.8. The van der Waals surface area contributed by atoms with Crippen LogP contribution in [0.25, 0.3) is 0 Å². The van der Waals surface area contributed by atoms with Gasteiger partial charge >= 0.3 is 0 Å². The maximum atomic E-state index is 11.8. The predicted octanol–water partition coefficient (Wildman–Crippen LogP) is 1.93. The number of nitrogens with two attached hydrogens (primary N) is 1. The Labute approximate surface area is 107 Å².